The summed E-state index contributed by atoms with van der Waals surface area (Å²) in [5.74, 6) is -1.53. The van der Waals surface area contributed by atoms with Gasteiger partial charge in [-0.3, -0.25) is 9.59 Å². The van der Waals surface area contributed by atoms with Crippen molar-refractivity contribution >= 4 is 11.9 Å². The van der Waals surface area contributed by atoms with Crippen LogP contribution in [0, 0.1) is 0 Å². The Hall–Kier alpha value is -1.10. The van der Waals surface area contributed by atoms with E-state index in [0.29, 0.717) is 12.8 Å². The van der Waals surface area contributed by atoms with Crippen LogP contribution in [-0.2, 0) is 9.59 Å². The minimum Gasteiger partial charge on any atom is -0.481 e. The van der Waals surface area contributed by atoms with Crippen molar-refractivity contribution in [3.63, 3.8) is 0 Å². The SMILES string of the molecule is CC[N+](CC)(CCCC(=O)O)CCCC(=O)O. The van der Waals surface area contributed by atoms with E-state index in [9.17, 15) is 9.59 Å². The molecule has 0 aromatic rings. The van der Waals surface area contributed by atoms with Gasteiger partial charge in [-0.15, -0.1) is 0 Å². The Balaban J connectivity index is 4.14. The number of hydrogen-bond acceptors (Lipinski definition) is 2. The first kappa shape index (κ1) is 15.9. The fourth-order valence-electron chi connectivity index (χ4n) is 2.10. The molecule has 0 rings (SSSR count). The molecule has 0 unspecified atom stereocenters. The molecule has 0 amide bonds. The van der Waals surface area contributed by atoms with Gasteiger partial charge in [0, 0.05) is 12.8 Å². The second-order valence-corrected chi connectivity index (χ2v) is 4.42. The van der Waals surface area contributed by atoms with Crippen molar-refractivity contribution in [2.24, 2.45) is 0 Å². The highest BCUT2D eigenvalue weighted by molar-refractivity contribution is 5.66. The number of quaternary nitrogens is 1. The van der Waals surface area contributed by atoms with Gasteiger partial charge in [-0.2, -0.15) is 0 Å². The highest BCUT2D eigenvalue weighted by Gasteiger charge is 2.22. The zero-order valence-corrected chi connectivity index (χ0v) is 10.8. The summed E-state index contributed by atoms with van der Waals surface area (Å²) in [4.78, 5) is 21.0. The van der Waals surface area contributed by atoms with Gasteiger partial charge in [-0.05, 0) is 13.8 Å². The first-order valence-electron chi connectivity index (χ1n) is 6.24. The van der Waals surface area contributed by atoms with Crippen LogP contribution in [-0.4, -0.2) is 52.8 Å². The number of carbonyl (C=O) groups is 2. The molecule has 0 aromatic heterocycles. The third-order valence-electron chi connectivity index (χ3n) is 3.39. The number of hydrogen-bond donors (Lipinski definition) is 2. The van der Waals surface area contributed by atoms with Crippen LogP contribution in [0.3, 0.4) is 0 Å². The smallest absolute Gasteiger partial charge is 0.303 e. The summed E-state index contributed by atoms with van der Waals surface area (Å²) in [6.07, 6.45) is 1.70. The van der Waals surface area contributed by atoms with Crippen LogP contribution in [0.5, 0.6) is 0 Å². The molecule has 0 aliphatic rings. The van der Waals surface area contributed by atoms with Gasteiger partial charge >= 0.3 is 11.9 Å². The van der Waals surface area contributed by atoms with Crippen molar-refractivity contribution in [1.82, 2.24) is 0 Å². The third-order valence-corrected chi connectivity index (χ3v) is 3.39. The summed E-state index contributed by atoms with van der Waals surface area (Å²) in [6.45, 7) is 7.64. The lowest BCUT2D eigenvalue weighted by atomic mass is 10.2. The topological polar surface area (TPSA) is 74.6 Å². The molecule has 0 atom stereocenters. The molecule has 5 nitrogen and oxygen atoms in total. The van der Waals surface area contributed by atoms with Crippen molar-refractivity contribution in [2.75, 3.05) is 26.2 Å². The Bertz CT molecular complexity index is 227. The van der Waals surface area contributed by atoms with Gasteiger partial charge in [0.15, 0.2) is 0 Å². The molecule has 5 heteroatoms. The molecule has 0 bridgehead atoms. The van der Waals surface area contributed by atoms with Crippen molar-refractivity contribution in [1.29, 1.82) is 0 Å². The third kappa shape index (κ3) is 6.94. The maximum absolute atomic E-state index is 10.5. The zero-order valence-electron chi connectivity index (χ0n) is 10.8. The van der Waals surface area contributed by atoms with E-state index in [0.717, 1.165) is 30.7 Å². The lowest BCUT2D eigenvalue weighted by molar-refractivity contribution is -0.925. The summed E-state index contributed by atoms with van der Waals surface area (Å²) >= 11 is 0. The first-order chi connectivity index (χ1) is 7.95. The van der Waals surface area contributed by atoms with Gasteiger partial charge in [-0.25, -0.2) is 0 Å². The normalized spacial score (nSPS) is 11.4. The fourth-order valence-corrected chi connectivity index (χ4v) is 2.10. The highest BCUT2D eigenvalue weighted by Crippen LogP contribution is 2.11. The van der Waals surface area contributed by atoms with E-state index >= 15 is 0 Å². The van der Waals surface area contributed by atoms with Crippen LogP contribution in [0.2, 0.25) is 0 Å². The van der Waals surface area contributed by atoms with Crippen molar-refractivity contribution < 1.29 is 24.3 Å². The molecule has 0 aliphatic carbocycles. The quantitative estimate of drug-likeness (QED) is 0.574. The lowest BCUT2D eigenvalue weighted by Gasteiger charge is -2.37. The monoisotopic (exact) mass is 246 g/mol. The standard InChI is InChI=1S/C12H23NO4/c1-3-13(4-2,9-5-7-11(14)15)10-6-8-12(16)17/h3-10H2,1-2H3,(H-,14,15,16,17)/p+1. The predicted octanol–water partition coefficient (Wildman–Crippen LogP) is 1.57. The number of rotatable bonds is 10. The molecule has 2 N–H and O–H groups in total. The summed E-state index contributed by atoms with van der Waals surface area (Å²) < 4.78 is 0.820. The highest BCUT2D eigenvalue weighted by atomic mass is 16.4. The van der Waals surface area contributed by atoms with Gasteiger partial charge in [-0.1, -0.05) is 0 Å². The van der Waals surface area contributed by atoms with Crippen molar-refractivity contribution in [2.45, 2.75) is 39.5 Å². The Kier molecular flexibility index (Phi) is 7.54. The van der Waals surface area contributed by atoms with E-state index in [1.54, 1.807) is 0 Å². The number of nitrogens with zero attached hydrogens (tertiary/aromatic N) is 1. The van der Waals surface area contributed by atoms with Crippen LogP contribution in [0.15, 0.2) is 0 Å². The van der Waals surface area contributed by atoms with Crippen LogP contribution in [0.4, 0.5) is 0 Å². The maximum Gasteiger partial charge on any atom is 0.303 e. The molecule has 0 saturated carbocycles. The Morgan fingerprint density at radius 1 is 0.882 bits per heavy atom. The average Bonchev–Trinajstić information content (AvgIpc) is 2.26. The average molecular weight is 246 g/mol. The Labute approximate surface area is 103 Å². The van der Waals surface area contributed by atoms with E-state index in [2.05, 4.69) is 13.8 Å². The summed E-state index contributed by atoms with van der Waals surface area (Å²) in [6, 6.07) is 0. The van der Waals surface area contributed by atoms with Gasteiger partial charge in [0.25, 0.3) is 0 Å². The lowest BCUT2D eigenvalue weighted by Crippen LogP contribution is -2.49. The van der Waals surface area contributed by atoms with Crippen molar-refractivity contribution in [3.8, 4) is 0 Å². The summed E-state index contributed by atoms with van der Waals surface area (Å²) in [5, 5.41) is 17.2. The molecule has 17 heavy (non-hydrogen) atoms. The first-order valence-corrected chi connectivity index (χ1v) is 6.24. The van der Waals surface area contributed by atoms with Crippen LogP contribution >= 0.6 is 0 Å². The number of carboxylic acid groups (broad SMARTS) is 2. The summed E-state index contributed by atoms with van der Waals surface area (Å²) in [5.41, 5.74) is 0. The van der Waals surface area contributed by atoms with Crippen LogP contribution < -0.4 is 0 Å². The van der Waals surface area contributed by atoms with Gasteiger partial charge in [0.2, 0.25) is 0 Å². The van der Waals surface area contributed by atoms with Crippen LogP contribution in [0.1, 0.15) is 39.5 Å². The minimum atomic E-state index is -0.763. The molecule has 0 aromatic carbocycles. The number of aliphatic carboxylic acids is 2. The van der Waals surface area contributed by atoms with E-state index in [1.807, 2.05) is 0 Å². The van der Waals surface area contributed by atoms with E-state index in [1.165, 1.54) is 0 Å². The van der Waals surface area contributed by atoms with Gasteiger partial charge < -0.3 is 14.7 Å². The van der Waals surface area contributed by atoms with Crippen molar-refractivity contribution in [3.05, 3.63) is 0 Å². The minimum absolute atomic E-state index is 0.193. The molecule has 0 radical (unpaired) electrons. The summed E-state index contributed by atoms with van der Waals surface area (Å²) in [7, 11) is 0. The molecular weight excluding hydrogens is 222 g/mol. The molecule has 100 valence electrons. The van der Waals surface area contributed by atoms with E-state index in [-0.39, 0.29) is 12.8 Å². The zero-order chi connectivity index (χ0) is 13.3. The van der Waals surface area contributed by atoms with Gasteiger partial charge in [0.1, 0.15) is 0 Å². The largest absolute Gasteiger partial charge is 0.481 e. The fraction of sp³-hybridized carbons (Fsp3) is 0.833. The van der Waals surface area contributed by atoms with Crippen LogP contribution in [0.25, 0.3) is 0 Å². The molecule has 0 fully saturated rings. The molecule has 0 heterocycles. The van der Waals surface area contributed by atoms with E-state index in [4.69, 9.17) is 10.2 Å². The molecule has 0 aliphatic heterocycles. The second kappa shape index (κ2) is 8.06. The Morgan fingerprint density at radius 3 is 1.47 bits per heavy atom. The van der Waals surface area contributed by atoms with Gasteiger partial charge in [0.05, 0.1) is 39.0 Å². The maximum atomic E-state index is 10.5. The molecule has 0 saturated heterocycles. The van der Waals surface area contributed by atoms with E-state index < -0.39 is 11.9 Å². The number of carboxylic acids is 2. The predicted molar refractivity (Wildman–Crippen MR) is 64.8 cm³/mol. The molecular formula is C12H24NO4+. The molecule has 0 spiro atoms. The Morgan fingerprint density at radius 2 is 1.24 bits per heavy atom. The second-order valence-electron chi connectivity index (χ2n) is 4.42.